The van der Waals surface area contributed by atoms with Gasteiger partial charge in [-0.05, 0) is 116 Å². The van der Waals surface area contributed by atoms with Crippen molar-refractivity contribution in [1.82, 2.24) is 0 Å². The zero-order valence-electron chi connectivity index (χ0n) is 38.3. The highest BCUT2D eigenvalue weighted by Gasteiger charge is 2.70. The summed E-state index contributed by atoms with van der Waals surface area (Å²) in [5.74, 6) is -0.0241. The molecule has 7 fully saturated rings. The van der Waals surface area contributed by atoms with Gasteiger partial charge in [-0.25, -0.2) is 0 Å². The molecule has 3 saturated heterocycles. The lowest BCUT2D eigenvalue weighted by atomic mass is 9.33. The standard InChI is InChI=1S/C47H76O16/c1-22-30(50)33(53)35(55)38(59-22)62-37-34(54)32(52)26(20-48)60-40(37)63-36-31(51)25(49)21-58-39(36)61-29-12-13-44(6)27(43(29,4)5)11-14-46(8)28(44)10-9-23-24-19-42(2,3)15-17-47(24,41(56)57)18-16-45(23,46)7/h9,22,24-40,48-55H,10-21H2,1-8H3,(H,56,57)/t22-,24+,25-,26+,27?,28+,29-,30-,31-,32+,33+,34-,35+,36+,37+,38-,39-,40-,44-,45+,46+,47-/m0/s1. The summed E-state index contributed by atoms with van der Waals surface area (Å²) in [5.41, 5.74) is 0.124. The number of carboxylic acid groups (broad SMARTS) is 1. The van der Waals surface area contributed by atoms with Crippen LogP contribution in [-0.4, -0.2) is 157 Å². The van der Waals surface area contributed by atoms with E-state index in [1.165, 1.54) is 12.5 Å². The summed E-state index contributed by atoms with van der Waals surface area (Å²) in [6, 6.07) is 0. The average Bonchev–Trinajstić information content (AvgIpc) is 3.21. The first kappa shape index (κ1) is 48.1. The molecule has 4 saturated carbocycles. The van der Waals surface area contributed by atoms with Crippen molar-refractivity contribution in [2.24, 2.45) is 50.2 Å². The molecule has 9 N–H and O–H groups in total. The van der Waals surface area contributed by atoms with Gasteiger partial charge >= 0.3 is 5.97 Å². The Kier molecular flexibility index (Phi) is 12.8. The number of fused-ring (bicyclic) bond motifs is 7. The minimum atomic E-state index is -1.79. The Balaban J connectivity index is 1.03. The minimum absolute atomic E-state index is 0.0300. The normalized spacial score (nSPS) is 54.1. The van der Waals surface area contributed by atoms with Gasteiger partial charge in [0.1, 0.15) is 61.0 Å². The van der Waals surface area contributed by atoms with E-state index in [9.17, 15) is 50.8 Å². The number of carbonyl (C=O) groups is 1. The van der Waals surface area contributed by atoms with Crippen LogP contribution in [0.15, 0.2) is 11.6 Å². The van der Waals surface area contributed by atoms with Crippen molar-refractivity contribution in [3.63, 3.8) is 0 Å². The Morgan fingerprint density at radius 2 is 1.38 bits per heavy atom. The van der Waals surface area contributed by atoms with E-state index in [0.717, 1.165) is 51.4 Å². The first-order chi connectivity index (χ1) is 29.4. The summed E-state index contributed by atoms with van der Waals surface area (Å²) in [6.45, 7) is 16.9. The molecule has 63 heavy (non-hydrogen) atoms. The maximum Gasteiger partial charge on any atom is 0.310 e. The average molecular weight is 897 g/mol. The van der Waals surface area contributed by atoms with Gasteiger partial charge in [-0.1, -0.05) is 60.1 Å². The van der Waals surface area contributed by atoms with Crippen molar-refractivity contribution in [2.45, 2.75) is 212 Å². The van der Waals surface area contributed by atoms with Gasteiger partial charge < -0.3 is 74.4 Å². The van der Waals surface area contributed by atoms with Crippen molar-refractivity contribution < 1.29 is 79.2 Å². The zero-order chi connectivity index (χ0) is 46.0. The topological polar surface area (TPSA) is 255 Å². The summed E-state index contributed by atoms with van der Waals surface area (Å²) in [7, 11) is 0. The quantitative estimate of drug-likeness (QED) is 0.125. The Bertz CT molecular complexity index is 1720. The highest BCUT2D eigenvalue weighted by molar-refractivity contribution is 5.76. The summed E-state index contributed by atoms with van der Waals surface area (Å²) in [5, 5.41) is 96.7. The molecule has 22 atom stereocenters. The number of hydrogen-bond acceptors (Lipinski definition) is 15. The smallest absolute Gasteiger partial charge is 0.310 e. The minimum Gasteiger partial charge on any atom is -0.481 e. The molecule has 0 aromatic carbocycles. The van der Waals surface area contributed by atoms with Crippen LogP contribution in [0.1, 0.15) is 120 Å². The van der Waals surface area contributed by atoms with Crippen LogP contribution in [0.4, 0.5) is 0 Å². The van der Waals surface area contributed by atoms with Crippen LogP contribution in [0, 0.1) is 50.2 Å². The predicted molar refractivity (Wildman–Crippen MR) is 223 cm³/mol. The number of allylic oxidation sites excluding steroid dienone is 2. The Morgan fingerprint density at radius 1 is 0.714 bits per heavy atom. The van der Waals surface area contributed by atoms with Gasteiger partial charge in [-0.2, -0.15) is 0 Å². The number of aliphatic carboxylic acids is 1. The zero-order valence-corrected chi connectivity index (χ0v) is 38.3. The molecule has 8 rings (SSSR count). The molecule has 3 aliphatic heterocycles. The summed E-state index contributed by atoms with van der Waals surface area (Å²) in [6.07, 6.45) is -10.7. The van der Waals surface area contributed by atoms with Crippen molar-refractivity contribution in [3.8, 4) is 0 Å². The molecule has 3 heterocycles. The third-order valence-electron chi connectivity index (χ3n) is 18.9. The van der Waals surface area contributed by atoms with Gasteiger partial charge in [-0.3, -0.25) is 4.79 Å². The van der Waals surface area contributed by atoms with Crippen molar-refractivity contribution in [1.29, 1.82) is 0 Å². The molecule has 16 heteroatoms. The number of aliphatic hydroxyl groups is 8. The maximum absolute atomic E-state index is 13.1. The van der Waals surface area contributed by atoms with Crippen molar-refractivity contribution >= 4 is 5.97 Å². The number of carboxylic acids is 1. The van der Waals surface area contributed by atoms with E-state index in [1.54, 1.807) is 0 Å². The molecule has 0 bridgehead atoms. The lowest BCUT2D eigenvalue weighted by Crippen LogP contribution is -2.67. The number of rotatable bonds is 8. The second-order valence-electron chi connectivity index (χ2n) is 23.0. The van der Waals surface area contributed by atoms with E-state index in [2.05, 4.69) is 54.5 Å². The molecule has 0 amide bonds. The lowest BCUT2D eigenvalue weighted by molar-refractivity contribution is -0.392. The molecule has 16 nitrogen and oxygen atoms in total. The van der Waals surface area contributed by atoms with Crippen LogP contribution in [0.25, 0.3) is 0 Å². The van der Waals surface area contributed by atoms with Gasteiger partial charge in [-0.15, -0.1) is 0 Å². The van der Waals surface area contributed by atoms with Crippen LogP contribution in [0.5, 0.6) is 0 Å². The van der Waals surface area contributed by atoms with E-state index in [-0.39, 0.29) is 46.2 Å². The third-order valence-corrected chi connectivity index (χ3v) is 18.9. The van der Waals surface area contributed by atoms with E-state index in [4.69, 9.17) is 28.4 Å². The molecular formula is C47H76O16. The molecule has 0 aromatic heterocycles. The van der Waals surface area contributed by atoms with E-state index in [0.29, 0.717) is 18.8 Å². The molecule has 0 spiro atoms. The molecule has 360 valence electrons. The Hall–Kier alpha value is -1.35. The van der Waals surface area contributed by atoms with Crippen LogP contribution in [0.3, 0.4) is 0 Å². The third kappa shape index (κ3) is 7.51. The SMILES string of the molecule is C[C@@H]1O[C@@H](O[C@H]2[C@H](O[C@H]3[C@H](O[C@H]4CC[C@@]5(C)C(CC[C@]6(C)[C@@H]5CC=C5[C@H]7CC(C)(C)CC[C@]7(C(=O)O)CC[C@]56C)C4(C)C)OC[C@H](O)[C@@H]3O)O[C@H](CO)[C@@H](O)[C@@H]2O)[C@H](O)[C@H](O)[C@H]1O. The first-order valence-corrected chi connectivity index (χ1v) is 23.6. The lowest BCUT2D eigenvalue weighted by Gasteiger charge is -2.71. The molecule has 0 aromatic rings. The second kappa shape index (κ2) is 16.7. The van der Waals surface area contributed by atoms with Crippen LogP contribution in [-0.2, 0) is 33.2 Å². The maximum atomic E-state index is 13.1. The summed E-state index contributed by atoms with van der Waals surface area (Å²) >= 11 is 0. The van der Waals surface area contributed by atoms with E-state index < -0.39 is 109 Å². The van der Waals surface area contributed by atoms with Crippen molar-refractivity contribution in [2.75, 3.05) is 13.2 Å². The second-order valence-corrected chi connectivity index (χ2v) is 23.0. The number of aliphatic hydroxyl groups excluding tert-OH is 8. The molecular weight excluding hydrogens is 821 g/mol. The summed E-state index contributed by atoms with van der Waals surface area (Å²) < 4.78 is 36.7. The molecule has 0 radical (unpaired) electrons. The van der Waals surface area contributed by atoms with Crippen molar-refractivity contribution in [3.05, 3.63) is 11.6 Å². The highest BCUT2D eigenvalue weighted by Crippen LogP contribution is 2.76. The van der Waals surface area contributed by atoms with Gasteiger partial charge in [0.25, 0.3) is 0 Å². The fraction of sp³-hybridized carbons (Fsp3) is 0.936. The van der Waals surface area contributed by atoms with Crippen LogP contribution in [0.2, 0.25) is 0 Å². The van der Waals surface area contributed by atoms with Gasteiger partial charge in [0, 0.05) is 0 Å². The van der Waals surface area contributed by atoms with Crippen LogP contribution < -0.4 is 0 Å². The number of ether oxygens (including phenoxy) is 6. The molecule has 5 aliphatic carbocycles. The fourth-order valence-electron chi connectivity index (χ4n) is 14.8. The Labute approximate surface area is 371 Å². The van der Waals surface area contributed by atoms with Gasteiger partial charge in [0.05, 0.1) is 30.8 Å². The summed E-state index contributed by atoms with van der Waals surface area (Å²) in [4.78, 5) is 13.1. The first-order valence-electron chi connectivity index (χ1n) is 23.6. The van der Waals surface area contributed by atoms with E-state index in [1.807, 2.05) is 0 Å². The van der Waals surface area contributed by atoms with E-state index >= 15 is 0 Å². The van der Waals surface area contributed by atoms with Gasteiger partial charge in [0.15, 0.2) is 18.9 Å². The molecule has 8 aliphatic rings. The van der Waals surface area contributed by atoms with Crippen LogP contribution >= 0.6 is 0 Å². The largest absolute Gasteiger partial charge is 0.481 e. The highest BCUT2D eigenvalue weighted by atomic mass is 16.8. The molecule has 1 unspecified atom stereocenters. The monoisotopic (exact) mass is 897 g/mol. The number of hydrogen-bond donors (Lipinski definition) is 9. The predicted octanol–water partition coefficient (Wildman–Crippen LogP) is 2.37. The Morgan fingerprint density at radius 3 is 2.06 bits per heavy atom. The fourth-order valence-corrected chi connectivity index (χ4v) is 14.8. The van der Waals surface area contributed by atoms with Gasteiger partial charge in [0.2, 0.25) is 0 Å².